The summed E-state index contributed by atoms with van der Waals surface area (Å²) < 4.78 is 6.82. The van der Waals surface area contributed by atoms with Gasteiger partial charge in [0, 0.05) is 11.7 Å². The second-order valence-electron chi connectivity index (χ2n) is 11.8. The predicted molar refractivity (Wildman–Crippen MR) is 136 cm³/mol. The van der Waals surface area contributed by atoms with Gasteiger partial charge in [0.2, 0.25) is 0 Å². The van der Waals surface area contributed by atoms with Crippen molar-refractivity contribution in [2.75, 3.05) is 11.9 Å². The number of hydrogen-bond donors (Lipinski definition) is 4. The Bertz CT molecular complexity index is 1010. The highest BCUT2D eigenvalue weighted by Crippen LogP contribution is 2.57. The number of amides is 1. The van der Waals surface area contributed by atoms with Crippen molar-refractivity contribution < 1.29 is 19.4 Å². The number of benzene rings is 1. The molecule has 8 nitrogen and oxygen atoms in total. The number of carbonyl (C=O) groups excluding carboxylic acids is 1. The molecule has 0 saturated heterocycles. The van der Waals surface area contributed by atoms with Crippen LogP contribution in [0.1, 0.15) is 87.4 Å². The quantitative estimate of drug-likeness (QED) is 0.412. The number of nitrogens with zero attached hydrogens (tertiary/aromatic N) is 1. The van der Waals surface area contributed by atoms with Gasteiger partial charge in [-0.2, -0.15) is 0 Å². The van der Waals surface area contributed by atoms with Crippen molar-refractivity contribution in [2.45, 2.75) is 88.7 Å². The van der Waals surface area contributed by atoms with Crippen LogP contribution in [-0.2, 0) is 9.53 Å². The summed E-state index contributed by atoms with van der Waals surface area (Å²) in [5.74, 6) is 1.09. The van der Waals surface area contributed by atoms with Crippen LogP contribution in [0.25, 0.3) is 0 Å². The molecule has 1 aromatic rings. The molecule has 1 amide bonds. The van der Waals surface area contributed by atoms with Gasteiger partial charge in [0.25, 0.3) is 5.91 Å². The topological polar surface area (TPSA) is 103 Å². The second-order valence-corrected chi connectivity index (χ2v) is 11.8. The van der Waals surface area contributed by atoms with E-state index in [1.54, 1.807) is 12.1 Å². The highest BCUT2D eigenvalue weighted by atomic mass is 16.5. The van der Waals surface area contributed by atoms with Crippen LogP contribution in [-0.4, -0.2) is 40.2 Å². The van der Waals surface area contributed by atoms with Crippen LogP contribution in [0.5, 0.6) is 0 Å². The Hall–Kier alpha value is -2.58. The number of ether oxygens (including phenoxy) is 1. The lowest BCUT2D eigenvalue weighted by Crippen LogP contribution is -2.52. The SMILES string of the molecule is O=C(Nc1cccc(C(=O)O)c1)C1=C(COC23CC4CC(CC(C4)C2)C3)N(C2CCCCCC2)NN1. The fourth-order valence-corrected chi connectivity index (χ4v) is 7.89. The first kappa shape index (κ1) is 23.8. The Balaban J connectivity index is 1.24. The first-order chi connectivity index (χ1) is 17.5. The van der Waals surface area contributed by atoms with Gasteiger partial charge in [-0.3, -0.25) is 15.2 Å². The third kappa shape index (κ3) is 4.73. The third-order valence-electron chi connectivity index (χ3n) is 9.16. The molecule has 0 aromatic heterocycles. The molecule has 5 saturated carbocycles. The minimum absolute atomic E-state index is 0.0448. The first-order valence-electron chi connectivity index (χ1n) is 13.8. The van der Waals surface area contributed by atoms with Gasteiger partial charge < -0.3 is 15.2 Å². The van der Waals surface area contributed by atoms with Gasteiger partial charge in [-0.1, -0.05) is 31.7 Å². The van der Waals surface area contributed by atoms with Gasteiger partial charge in [0.15, 0.2) is 0 Å². The van der Waals surface area contributed by atoms with Crippen LogP contribution in [0.2, 0.25) is 0 Å². The van der Waals surface area contributed by atoms with Gasteiger partial charge in [0.05, 0.1) is 23.5 Å². The van der Waals surface area contributed by atoms with Crippen molar-refractivity contribution in [2.24, 2.45) is 17.8 Å². The largest absolute Gasteiger partial charge is 0.478 e. The smallest absolute Gasteiger partial charge is 0.335 e. The molecule has 0 atom stereocenters. The first-order valence-corrected chi connectivity index (χ1v) is 13.8. The fourth-order valence-electron chi connectivity index (χ4n) is 7.89. The van der Waals surface area contributed by atoms with Crippen molar-refractivity contribution >= 4 is 17.6 Å². The minimum atomic E-state index is -1.02. The summed E-state index contributed by atoms with van der Waals surface area (Å²) >= 11 is 0. The van der Waals surface area contributed by atoms with E-state index in [1.165, 1.54) is 57.1 Å². The second kappa shape index (κ2) is 9.71. The lowest BCUT2D eigenvalue weighted by atomic mass is 9.54. The zero-order chi connectivity index (χ0) is 24.7. The number of carbonyl (C=O) groups is 2. The summed E-state index contributed by atoms with van der Waals surface area (Å²) in [4.78, 5) is 24.8. The number of nitrogens with one attached hydrogen (secondary N) is 3. The van der Waals surface area contributed by atoms with E-state index in [-0.39, 0.29) is 17.1 Å². The molecule has 4 bridgehead atoms. The highest BCUT2D eigenvalue weighted by molar-refractivity contribution is 6.04. The molecule has 0 radical (unpaired) electrons. The molecule has 4 N–H and O–H groups in total. The summed E-state index contributed by atoms with van der Waals surface area (Å²) in [6, 6.07) is 6.67. The average Bonchev–Trinajstić information content (AvgIpc) is 3.08. The van der Waals surface area contributed by atoms with Crippen LogP contribution >= 0.6 is 0 Å². The normalized spacial score (nSPS) is 31.9. The number of hydrogen-bond acceptors (Lipinski definition) is 6. The Labute approximate surface area is 212 Å². The third-order valence-corrected chi connectivity index (χ3v) is 9.16. The highest BCUT2D eigenvalue weighted by Gasteiger charge is 2.52. The van der Waals surface area contributed by atoms with E-state index in [4.69, 9.17) is 4.74 Å². The summed E-state index contributed by atoms with van der Waals surface area (Å²) in [5, 5.41) is 14.4. The molecule has 194 valence electrons. The van der Waals surface area contributed by atoms with Gasteiger partial charge in [-0.25, -0.2) is 4.79 Å². The fraction of sp³-hybridized carbons (Fsp3) is 0.643. The van der Waals surface area contributed by atoms with E-state index in [2.05, 4.69) is 21.3 Å². The van der Waals surface area contributed by atoms with Crippen LogP contribution in [0.15, 0.2) is 35.7 Å². The van der Waals surface area contributed by atoms with Crippen LogP contribution in [0.4, 0.5) is 5.69 Å². The van der Waals surface area contributed by atoms with Gasteiger partial charge in [-0.05, 0) is 87.3 Å². The molecule has 5 aliphatic carbocycles. The lowest BCUT2D eigenvalue weighted by molar-refractivity contribution is -0.160. The maximum absolute atomic E-state index is 13.4. The predicted octanol–water partition coefficient (Wildman–Crippen LogP) is 4.57. The zero-order valence-corrected chi connectivity index (χ0v) is 20.9. The molecule has 1 heterocycles. The lowest BCUT2D eigenvalue weighted by Gasteiger charge is -2.56. The van der Waals surface area contributed by atoms with Crippen molar-refractivity contribution in [1.29, 1.82) is 0 Å². The number of anilines is 1. The van der Waals surface area contributed by atoms with Crippen LogP contribution < -0.4 is 16.3 Å². The van der Waals surface area contributed by atoms with Crippen molar-refractivity contribution in [3.8, 4) is 0 Å². The summed E-state index contributed by atoms with van der Waals surface area (Å²) in [7, 11) is 0. The Morgan fingerprint density at radius 3 is 2.33 bits per heavy atom. The van der Waals surface area contributed by atoms with E-state index in [1.807, 2.05) is 0 Å². The molecular weight excluding hydrogens is 456 g/mol. The number of hydrazine groups is 2. The Morgan fingerprint density at radius 1 is 1.03 bits per heavy atom. The van der Waals surface area contributed by atoms with Gasteiger partial charge in [-0.15, -0.1) is 5.53 Å². The maximum Gasteiger partial charge on any atom is 0.335 e. The Morgan fingerprint density at radius 2 is 1.69 bits per heavy atom. The number of aromatic carboxylic acids is 1. The molecule has 1 aliphatic heterocycles. The van der Waals surface area contributed by atoms with Gasteiger partial charge in [0.1, 0.15) is 5.70 Å². The molecule has 0 unspecified atom stereocenters. The van der Waals surface area contributed by atoms with Crippen LogP contribution in [0.3, 0.4) is 0 Å². The van der Waals surface area contributed by atoms with Crippen molar-refractivity contribution in [3.05, 3.63) is 41.2 Å². The summed E-state index contributed by atoms with van der Waals surface area (Å²) in [5.41, 5.74) is 8.31. The standard InChI is InChI=1S/C28H38N4O4/c33-26(29-22-7-5-6-21(13-22)27(34)35)25-24(32(31-30-25)23-8-3-1-2-4-9-23)17-36-28-14-18-10-19(15-28)12-20(11-18)16-28/h5-7,13,18-20,23,30-31H,1-4,8-12,14-17H2,(H,29,33)(H,34,35). The molecule has 8 heteroatoms. The minimum Gasteiger partial charge on any atom is -0.478 e. The molecule has 7 rings (SSSR count). The summed E-state index contributed by atoms with van der Waals surface area (Å²) in [6.07, 6.45) is 14.6. The Kier molecular flexibility index (Phi) is 6.42. The molecule has 0 spiro atoms. The molecular formula is C28H38N4O4. The van der Waals surface area contributed by atoms with E-state index in [0.717, 1.165) is 55.6 Å². The monoisotopic (exact) mass is 494 g/mol. The van der Waals surface area contributed by atoms with Crippen molar-refractivity contribution in [3.63, 3.8) is 0 Å². The maximum atomic E-state index is 13.4. The van der Waals surface area contributed by atoms with E-state index >= 15 is 0 Å². The molecule has 5 fully saturated rings. The molecule has 1 aromatic carbocycles. The van der Waals surface area contributed by atoms with Gasteiger partial charge >= 0.3 is 5.97 Å². The van der Waals surface area contributed by atoms with E-state index < -0.39 is 5.97 Å². The van der Waals surface area contributed by atoms with E-state index in [9.17, 15) is 14.7 Å². The van der Waals surface area contributed by atoms with E-state index in [0.29, 0.717) is 24.0 Å². The number of carboxylic acid groups (broad SMARTS) is 1. The van der Waals surface area contributed by atoms with Crippen molar-refractivity contribution in [1.82, 2.24) is 16.0 Å². The number of carboxylic acids is 1. The average molecular weight is 495 g/mol. The number of rotatable bonds is 7. The molecule has 6 aliphatic rings. The summed E-state index contributed by atoms with van der Waals surface area (Å²) in [6.45, 7) is 0.403. The molecule has 36 heavy (non-hydrogen) atoms. The van der Waals surface area contributed by atoms with Crippen LogP contribution in [0, 0.1) is 17.8 Å². The zero-order valence-electron chi connectivity index (χ0n) is 20.9.